The Balaban J connectivity index is 1.69. The molecule has 2 aliphatic rings. The van der Waals surface area contributed by atoms with E-state index in [4.69, 9.17) is 18.6 Å². The third-order valence-electron chi connectivity index (χ3n) is 7.14. The highest BCUT2D eigenvalue weighted by atomic mass is 19.3. The number of carboxylic acid groups (broad SMARTS) is 1. The highest BCUT2D eigenvalue weighted by Crippen LogP contribution is 2.37. The number of alkyl halides is 2. The molecule has 1 saturated heterocycles. The monoisotopic (exact) mass is 680 g/mol. The Bertz CT molecular complexity index is 1510. The molecule has 2 atom stereocenters. The third kappa shape index (κ3) is 9.70. The first kappa shape index (κ1) is 36.2. The fourth-order valence-electron chi connectivity index (χ4n) is 4.76. The van der Waals surface area contributed by atoms with E-state index in [9.17, 15) is 33.1 Å². The molecule has 3 amide bonds. The molecule has 2 heterocycles. The van der Waals surface area contributed by atoms with E-state index in [0.717, 1.165) is 17.7 Å². The molecule has 1 aromatic carbocycles. The van der Waals surface area contributed by atoms with Gasteiger partial charge in [-0.05, 0) is 85.4 Å². The molecule has 0 spiro atoms. The third-order valence-corrected chi connectivity index (χ3v) is 7.14. The molecule has 4 rings (SSSR count). The molecule has 1 saturated carbocycles. The first-order valence-electron chi connectivity index (χ1n) is 15.5. The van der Waals surface area contributed by atoms with Crippen LogP contribution >= 0.6 is 0 Å². The fourth-order valence-corrected chi connectivity index (χ4v) is 4.76. The van der Waals surface area contributed by atoms with Gasteiger partial charge < -0.3 is 43.6 Å². The SMILES string of the molecule is C[C@H](NC(=O)OC(C)(C)C)c1oc(-c2ccc(OC(F)F)c(OCC3CC3)c2)nc1C(=O)N1CCN(C(=O)OC(C)(C)C)CC1C(=O)O. The second-order valence-corrected chi connectivity index (χ2v) is 13.7. The summed E-state index contributed by atoms with van der Waals surface area (Å²) in [4.78, 5) is 58.4. The zero-order valence-electron chi connectivity index (χ0n) is 28.0. The summed E-state index contributed by atoms with van der Waals surface area (Å²) in [6.45, 7) is 8.20. The van der Waals surface area contributed by atoms with Gasteiger partial charge in [0.25, 0.3) is 5.91 Å². The fraction of sp³-hybridized carbons (Fsp3) is 0.594. The van der Waals surface area contributed by atoms with Crippen LogP contribution in [0.4, 0.5) is 18.4 Å². The molecule has 1 aliphatic heterocycles. The van der Waals surface area contributed by atoms with Crippen molar-refractivity contribution in [2.24, 2.45) is 5.92 Å². The molecule has 264 valence electrons. The Kier molecular flexibility index (Phi) is 10.7. The van der Waals surface area contributed by atoms with E-state index in [1.807, 2.05) is 0 Å². The number of nitrogens with one attached hydrogen (secondary N) is 1. The summed E-state index contributed by atoms with van der Waals surface area (Å²) in [5.74, 6) is -2.35. The van der Waals surface area contributed by atoms with Gasteiger partial charge in [0.1, 0.15) is 17.2 Å². The number of oxazole rings is 1. The van der Waals surface area contributed by atoms with Crippen molar-refractivity contribution in [2.75, 3.05) is 26.2 Å². The average Bonchev–Trinajstić information content (AvgIpc) is 3.68. The number of carbonyl (C=O) groups is 4. The molecule has 0 bridgehead atoms. The van der Waals surface area contributed by atoms with E-state index < -0.39 is 54.0 Å². The van der Waals surface area contributed by atoms with Crippen molar-refractivity contribution in [3.8, 4) is 23.0 Å². The van der Waals surface area contributed by atoms with Crippen LogP contribution in [-0.2, 0) is 14.3 Å². The molecule has 16 heteroatoms. The maximum Gasteiger partial charge on any atom is 0.410 e. The Morgan fingerprint density at radius 2 is 1.71 bits per heavy atom. The van der Waals surface area contributed by atoms with Gasteiger partial charge in [-0.3, -0.25) is 4.79 Å². The van der Waals surface area contributed by atoms with E-state index >= 15 is 0 Å². The normalized spacial score (nSPS) is 17.5. The van der Waals surface area contributed by atoms with Crippen LogP contribution in [-0.4, -0.2) is 94.0 Å². The number of rotatable bonds is 10. The average molecular weight is 681 g/mol. The minimum Gasteiger partial charge on any atom is -0.489 e. The number of amides is 3. The first-order chi connectivity index (χ1) is 22.3. The number of hydrogen-bond acceptors (Lipinski definition) is 10. The molecule has 1 unspecified atom stereocenters. The quantitative estimate of drug-likeness (QED) is 0.327. The van der Waals surface area contributed by atoms with Crippen molar-refractivity contribution in [1.82, 2.24) is 20.1 Å². The Morgan fingerprint density at radius 1 is 1.04 bits per heavy atom. The van der Waals surface area contributed by atoms with Gasteiger partial charge in [0.05, 0.1) is 19.2 Å². The van der Waals surface area contributed by atoms with Crippen LogP contribution in [0.15, 0.2) is 22.6 Å². The first-order valence-corrected chi connectivity index (χ1v) is 15.5. The van der Waals surface area contributed by atoms with Crippen LogP contribution in [0.25, 0.3) is 11.5 Å². The zero-order valence-corrected chi connectivity index (χ0v) is 28.0. The second kappa shape index (κ2) is 14.2. The number of piperazine rings is 1. The van der Waals surface area contributed by atoms with Crippen molar-refractivity contribution in [2.45, 2.75) is 91.2 Å². The molecule has 1 aliphatic carbocycles. The Labute approximate surface area is 276 Å². The van der Waals surface area contributed by atoms with Crippen LogP contribution < -0.4 is 14.8 Å². The van der Waals surface area contributed by atoms with Gasteiger partial charge >= 0.3 is 24.8 Å². The summed E-state index contributed by atoms with van der Waals surface area (Å²) in [5.41, 5.74) is -1.73. The van der Waals surface area contributed by atoms with Crippen LogP contribution in [0.2, 0.25) is 0 Å². The smallest absolute Gasteiger partial charge is 0.410 e. The number of hydrogen-bond donors (Lipinski definition) is 2. The lowest BCUT2D eigenvalue weighted by Gasteiger charge is -2.39. The second-order valence-electron chi connectivity index (χ2n) is 13.7. The zero-order chi connectivity index (χ0) is 35.6. The van der Waals surface area contributed by atoms with E-state index in [-0.39, 0.29) is 60.6 Å². The minimum absolute atomic E-state index is 0.0106. The number of nitrogens with zero attached hydrogens (tertiary/aromatic N) is 3. The molecule has 1 aromatic heterocycles. The minimum atomic E-state index is -3.10. The highest BCUT2D eigenvalue weighted by Gasteiger charge is 2.41. The number of benzene rings is 1. The predicted octanol–water partition coefficient (Wildman–Crippen LogP) is 5.46. The van der Waals surface area contributed by atoms with Gasteiger partial charge in [-0.1, -0.05) is 0 Å². The number of aliphatic carboxylic acids is 1. The van der Waals surface area contributed by atoms with Gasteiger partial charge in [0, 0.05) is 18.7 Å². The molecular weight excluding hydrogens is 638 g/mol. The Hall–Kier alpha value is -4.63. The van der Waals surface area contributed by atoms with Crippen molar-refractivity contribution >= 4 is 24.1 Å². The predicted molar refractivity (Wildman–Crippen MR) is 165 cm³/mol. The number of ether oxygens (including phenoxy) is 4. The van der Waals surface area contributed by atoms with Crippen molar-refractivity contribution in [3.63, 3.8) is 0 Å². The molecule has 2 aromatic rings. The maximum atomic E-state index is 14.1. The number of aromatic nitrogens is 1. The van der Waals surface area contributed by atoms with E-state index in [2.05, 4.69) is 15.0 Å². The van der Waals surface area contributed by atoms with Crippen molar-refractivity contribution in [3.05, 3.63) is 29.7 Å². The standard InChI is InChI=1S/C32H42F2N4O10/c1-17(35-29(42)47-31(2,3)4)24-23(26(39)38-13-12-37(15-20(38)27(40)41)30(43)48-32(5,6)7)36-25(46-24)19-10-11-21(45-28(33)34)22(14-19)44-16-18-8-9-18/h10-11,14,17-18,20,28H,8-9,12-13,15-16H2,1-7H3,(H,35,42)(H,40,41)/t17-,20?/m0/s1. The number of halogens is 2. The van der Waals surface area contributed by atoms with Crippen LogP contribution in [0, 0.1) is 5.92 Å². The van der Waals surface area contributed by atoms with Gasteiger partial charge in [-0.15, -0.1) is 0 Å². The largest absolute Gasteiger partial charge is 0.489 e. The molecule has 2 N–H and O–H groups in total. The molecule has 2 fully saturated rings. The summed E-state index contributed by atoms with van der Waals surface area (Å²) < 4.78 is 53.4. The summed E-state index contributed by atoms with van der Waals surface area (Å²) in [6, 6.07) is 1.56. The molecule has 14 nitrogen and oxygen atoms in total. The van der Waals surface area contributed by atoms with Crippen LogP contribution in [0.1, 0.15) is 83.6 Å². The van der Waals surface area contributed by atoms with Crippen LogP contribution in [0.3, 0.4) is 0 Å². The number of carboxylic acids is 1. The highest BCUT2D eigenvalue weighted by molar-refractivity contribution is 5.97. The number of carbonyl (C=O) groups excluding carboxylic acids is 3. The van der Waals surface area contributed by atoms with Gasteiger partial charge in [0.15, 0.2) is 23.0 Å². The van der Waals surface area contributed by atoms with Crippen molar-refractivity contribution in [1.29, 1.82) is 0 Å². The van der Waals surface area contributed by atoms with E-state index in [0.29, 0.717) is 5.92 Å². The number of alkyl carbamates (subject to hydrolysis) is 1. The molecule has 48 heavy (non-hydrogen) atoms. The van der Waals surface area contributed by atoms with Gasteiger partial charge in [0.2, 0.25) is 5.89 Å². The maximum absolute atomic E-state index is 14.1. The Morgan fingerprint density at radius 3 is 2.29 bits per heavy atom. The lowest BCUT2D eigenvalue weighted by atomic mass is 10.1. The molecular formula is C32H42F2N4O10. The van der Waals surface area contributed by atoms with Gasteiger partial charge in [-0.25, -0.2) is 19.4 Å². The lowest BCUT2D eigenvalue weighted by Crippen LogP contribution is -2.60. The van der Waals surface area contributed by atoms with Crippen LogP contribution in [0.5, 0.6) is 11.5 Å². The summed E-state index contributed by atoms with van der Waals surface area (Å²) in [6.07, 6.45) is 0.362. The van der Waals surface area contributed by atoms with Crippen molar-refractivity contribution < 1.29 is 56.4 Å². The molecule has 0 radical (unpaired) electrons. The summed E-state index contributed by atoms with van der Waals surface area (Å²) in [5, 5.41) is 12.7. The lowest BCUT2D eigenvalue weighted by molar-refractivity contribution is -0.144. The van der Waals surface area contributed by atoms with Gasteiger partial charge in [-0.2, -0.15) is 8.78 Å². The van der Waals surface area contributed by atoms with E-state index in [1.165, 1.54) is 30.0 Å². The summed E-state index contributed by atoms with van der Waals surface area (Å²) >= 11 is 0. The topological polar surface area (TPSA) is 170 Å². The van der Waals surface area contributed by atoms with E-state index in [1.54, 1.807) is 41.5 Å². The summed E-state index contributed by atoms with van der Waals surface area (Å²) in [7, 11) is 0.